The molecule has 0 fully saturated rings. The van der Waals surface area contributed by atoms with Gasteiger partial charge in [0.2, 0.25) is 0 Å². The van der Waals surface area contributed by atoms with E-state index >= 15 is 0 Å². The topological polar surface area (TPSA) is 6.48 Å². The predicted molar refractivity (Wildman–Crippen MR) is 319 cm³/mol. The van der Waals surface area contributed by atoms with E-state index in [0.717, 1.165) is 23.5 Å². The largest absolute Gasteiger partial charge is 0.334 e. The summed E-state index contributed by atoms with van der Waals surface area (Å²) in [7, 11) is 0. The molecule has 0 bridgehead atoms. The summed E-state index contributed by atoms with van der Waals surface area (Å²) in [5, 5.41) is 9.88. The molecule has 2 aliphatic rings. The second-order valence-corrected chi connectivity index (χ2v) is 20.8. The molecule has 0 N–H and O–H groups in total. The molecule has 0 radical (unpaired) electrons. The molecule has 12 aromatic carbocycles. The Balaban J connectivity index is 1.07. The highest BCUT2D eigenvalue weighted by Crippen LogP contribution is 2.50. The fraction of sp³-hybridized carbons (Fsp3) is 0.0685. The van der Waals surface area contributed by atoms with Crippen molar-refractivity contribution in [2.45, 2.75) is 31.7 Å². The molecular weight excluding hydrogens is 905 g/mol. The minimum absolute atomic E-state index is 0.0152. The van der Waals surface area contributed by atoms with E-state index < -0.39 is 0 Å². The van der Waals surface area contributed by atoms with Crippen molar-refractivity contribution >= 4 is 72.9 Å². The van der Waals surface area contributed by atoms with Crippen molar-refractivity contribution < 1.29 is 0 Å². The maximum absolute atomic E-state index is 2.60. The number of anilines is 5. The molecule has 2 nitrogen and oxygen atoms in total. The van der Waals surface area contributed by atoms with E-state index in [9.17, 15) is 0 Å². The zero-order valence-electron chi connectivity index (χ0n) is 42.2. The molecule has 0 aliphatic heterocycles. The zero-order chi connectivity index (χ0) is 50.0. The van der Waals surface area contributed by atoms with E-state index in [4.69, 9.17) is 0 Å². The maximum Gasteiger partial charge on any atom is 0.0566 e. The van der Waals surface area contributed by atoms with Gasteiger partial charge in [0.05, 0.1) is 6.04 Å². The number of nitrogens with zero attached hydrogens (tertiary/aromatic N) is 2. The predicted octanol–water partition coefficient (Wildman–Crippen LogP) is 18.1. The molecule has 2 heteroatoms. The number of hydrogen-bond acceptors (Lipinski definition) is 2. The highest BCUT2D eigenvalue weighted by atomic mass is 15.2. The SMILES string of the molecule is CC1(C)c2ccccc2-c2ccc(-c3c4c(c(-c5ccc(-c6ccccc6)cc5)c5cc(N(c6ccccc6)c6ccc7ccccc7c6)ccc35)=CCC(N(c3ccccc3)c3ccc5ccccc5c3)C=4)cc21. The quantitative estimate of drug-likeness (QED) is 0.142. The van der Waals surface area contributed by atoms with Crippen LogP contribution in [0, 0.1) is 0 Å². The first-order chi connectivity index (χ1) is 36.9. The van der Waals surface area contributed by atoms with Crippen LogP contribution in [0.4, 0.5) is 28.4 Å². The van der Waals surface area contributed by atoms with E-state index in [0.29, 0.717) is 0 Å². The molecule has 0 saturated carbocycles. The fourth-order valence-corrected chi connectivity index (χ4v) is 12.4. The number of hydrogen-bond donors (Lipinski definition) is 0. The summed E-state index contributed by atoms with van der Waals surface area (Å²) in [4.78, 5) is 4.98. The molecule has 0 spiro atoms. The molecule has 75 heavy (non-hydrogen) atoms. The number of fused-ring (bicyclic) bond motifs is 7. The van der Waals surface area contributed by atoms with Crippen LogP contribution in [-0.2, 0) is 5.41 Å². The van der Waals surface area contributed by atoms with Crippen molar-refractivity contribution in [2.75, 3.05) is 9.80 Å². The Kier molecular flexibility index (Phi) is 10.7. The van der Waals surface area contributed by atoms with Gasteiger partial charge in [-0.25, -0.2) is 0 Å². The number of benzene rings is 12. The highest BCUT2D eigenvalue weighted by molar-refractivity contribution is 6.08. The van der Waals surface area contributed by atoms with Crippen LogP contribution in [0.25, 0.3) is 89.0 Å². The van der Waals surface area contributed by atoms with Crippen LogP contribution >= 0.6 is 0 Å². The van der Waals surface area contributed by atoms with Crippen molar-refractivity contribution in [3.8, 4) is 44.5 Å². The van der Waals surface area contributed by atoms with Crippen molar-refractivity contribution in [3.05, 3.63) is 282 Å². The Hall–Kier alpha value is -9.24. The third-order valence-electron chi connectivity index (χ3n) is 16.1. The Bertz CT molecular complexity index is 4290. The summed E-state index contributed by atoms with van der Waals surface area (Å²) >= 11 is 0. The minimum atomic E-state index is -0.167. The Labute approximate surface area is 439 Å². The second-order valence-electron chi connectivity index (χ2n) is 20.8. The van der Waals surface area contributed by atoms with Crippen molar-refractivity contribution in [1.82, 2.24) is 0 Å². The lowest BCUT2D eigenvalue weighted by Crippen LogP contribution is -2.40. The maximum atomic E-state index is 2.60. The zero-order valence-corrected chi connectivity index (χ0v) is 42.2. The highest BCUT2D eigenvalue weighted by Gasteiger charge is 2.36. The van der Waals surface area contributed by atoms with Gasteiger partial charge in [0.15, 0.2) is 0 Å². The molecule has 12 aromatic rings. The molecule has 0 heterocycles. The average molecular weight is 959 g/mol. The van der Waals surface area contributed by atoms with Gasteiger partial charge in [-0.05, 0) is 172 Å². The molecule has 356 valence electrons. The third kappa shape index (κ3) is 7.64. The molecular formula is C73H54N2. The summed E-state index contributed by atoms with van der Waals surface area (Å²) in [6.45, 7) is 4.79. The van der Waals surface area contributed by atoms with Gasteiger partial charge in [-0.15, -0.1) is 0 Å². The smallest absolute Gasteiger partial charge is 0.0566 e. The molecule has 14 rings (SSSR count). The van der Waals surface area contributed by atoms with E-state index in [1.54, 1.807) is 0 Å². The molecule has 0 amide bonds. The number of rotatable bonds is 9. The molecule has 0 aromatic heterocycles. The monoisotopic (exact) mass is 958 g/mol. The van der Waals surface area contributed by atoms with Crippen LogP contribution in [-0.4, -0.2) is 6.04 Å². The Morgan fingerprint density at radius 3 is 1.59 bits per heavy atom. The van der Waals surface area contributed by atoms with Crippen LogP contribution in [0.1, 0.15) is 31.4 Å². The summed E-state index contributed by atoms with van der Waals surface area (Å²) in [6, 6.07) is 96.6. The summed E-state index contributed by atoms with van der Waals surface area (Å²) < 4.78 is 0. The van der Waals surface area contributed by atoms with Crippen LogP contribution in [0.3, 0.4) is 0 Å². The van der Waals surface area contributed by atoms with Gasteiger partial charge >= 0.3 is 0 Å². The second kappa shape index (κ2) is 18.1. The third-order valence-corrected chi connectivity index (χ3v) is 16.1. The fourth-order valence-electron chi connectivity index (χ4n) is 12.4. The Morgan fingerprint density at radius 1 is 0.347 bits per heavy atom. The lowest BCUT2D eigenvalue weighted by Gasteiger charge is -2.34. The van der Waals surface area contributed by atoms with Crippen LogP contribution in [0.5, 0.6) is 0 Å². The summed E-state index contributed by atoms with van der Waals surface area (Å²) in [5.41, 5.74) is 18.2. The van der Waals surface area contributed by atoms with E-state index in [2.05, 4.69) is 297 Å². The first-order valence-corrected chi connectivity index (χ1v) is 26.3. The lowest BCUT2D eigenvalue weighted by molar-refractivity contribution is 0.660. The lowest BCUT2D eigenvalue weighted by atomic mass is 9.80. The number of para-hydroxylation sites is 2. The first kappa shape index (κ1) is 44.5. The molecule has 2 aliphatic carbocycles. The molecule has 1 atom stereocenters. The average Bonchev–Trinajstić information content (AvgIpc) is 3.75. The van der Waals surface area contributed by atoms with Crippen LogP contribution in [0.15, 0.2) is 261 Å². The van der Waals surface area contributed by atoms with Gasteiger partial charge < -0.3 is 9.80 Å². The van der Waals surface area contributed by atoms with Gasteiger partial charge in [-0.1, -0.05) is 220 Å². The molecule has 0 saturated heterocycles. The summed E-state index contributed by atoms with van der Waals surface area (Å²) in [6.07, 6.45) is 5.97. The Morgan fingerprint density at radius 2 is 0.867 bits per heavy atom. The van der Waals surface area contributed by atoms with Crippen molar-refractivity contribution in [2.24, 2.45) is 0 Å². The van der Waals surface area contributed by atoms with Gasteiger partial charge in [0.1, 0.15) is 0 Å². The van der Waals surface area contributed by atoms with Gasteiger partial charge in [0, 0.05) is 33.9 Å². The first-order valence-electron chi connectivity index (χ1n) is 26.3. The normalized spacial score (nSPS) is 14.1. The van der Waals surface area contributed by atoms with Crippen LogP contribution < -0.4 is 20.2 Å². The minimum Gasteiger partial charge on any atom is -0.334 e. The van der Waals surface area contributed by atoms with Crippen LogP contribution in [0.2, 0.25) is 0 Å². The van der Waals surface area contributed by atoms with E-state index in [-0.39, 0.29) is 11.5 Å². The standard InChI is InChI=1S/C73H54N2/c1-73(2)69-29-17-16-28-63(69)64-41-36-56(46-70(64)73)72-66-43-40-61(74(57-24-8-4-9-25-57)59-37-34-50-20-12-14-22-54(50)44-59)47-67(66)71(53-32-30-52(31-33-53)49-18-6-3-7-19-49)65-42-39-62(48-68(65)72)75(58-26-10-5-11-27-58)60-38-35-51-21-13-15-23-55(51)45-60/h3-38,40-48,62H,39H2,1-2H3. The van der Waals surface area contributed by atoms with Gasteiger partial charge in [-0.2, -0.15) is 0 Å². The van der Waals surface area contributed by atoms with Gasteiger partial charge in [-0.3, -0.25) is 0 Å². The molecule has 1 unspecified atom stereocenters. The van der Waals surface area contributed by atoms with Crippen molar-refractivity contribution in [1.29, 1.82) is 0 Å². The summed E-state index contributed by atoms with van der Waals surface area (Å²) in [5.74, 6) is 0. The van der Waals surface area contributed by atoms with Crippen molar-refractivity contribution in [3.63, 3.8) is 0 Å². The van der Waals surface area contributed by atoms with Gasteiger partial charge in [0.25, 0.3) is 0 Å². The van der Waals surface area contributed by atoms with E-state index in [1.165, 1.54) is 110 Å². The van der Waals surface area contributed by atoms with E-state index in [1.807, 2.05) is 0 Å².